The molecule has 1 aromatic rings. The van der Waals surface area contributed by atoms with E-state index in [2.05, 4.69) is 5.43 Å². The SMILES string of the molecule is COc1cccc(C(=O)NN)c1SC. The first-order valence-electron chi connectivity index (χ1n) is 3.96. The summed E-state index contributed by atoms with van der Waals surface area (Å²) in [5.74, 6) is 5.44. The van der Waals surface area contributed by atoms with Crippen molar-refractivity contribution in [1.29, 1.82) is 0 Å². The number of ether oxygens (including phenoxy) is 1. The Morgan fingerprint density at radius 2 is 2.29 bits per heavy atom. The Bertz CT molecular complexity index is 342. The van der Waals surface area contributed by atoms with Gasteiger partial charge in [0.1, 0.15) is 5.75 Å². The van der Waals surface area contributed by atoms with Crippen molar-refractivity contribution in [2.45, 2.75) is 4.90 Å². The summed E-state index contributed by atoms with van der Waals surface area (Å²) in [4.78, 5) is 12.1. The average molecular weight is 212 g/mol. The number of rotatable bonds is 3. The molecule has 14 heavy (non-hydrogen) atoms. The number of hydrogen-bond acceptors (Lipinski definition) is 4. The van der Waals surface area contributed by atoms with Gasteiger partial charge in [0, 0.05) is 0 Å². The zero-order chi connectivity index (χ0) is 10.6. The largest absolute Gasteiger partial charge is 0.496 e. The van der Waals surface area contributed by atoms with Crippen LogP contribution in [0.15, 0.2) is 23.1 Å². The Balaban J connectivity index is 3.21. The molecule has 0 fully saturated rings. The fourth-order valence-electron chi connectivity index (χ4n) is 1.14. The molecule has 0 saturated heterocycles. The van der Waals surface area contributed by atoms with Crippen molar-refractivity contribution in [2.75, 3.05) is 13.4 Å². The van der Waals surface area contributed by atoms with Crippen LogP contribution in [0.2, 0.25) is 0 Å². The molecule has 0 radical (unpaired) electrons. The molecule has 0 aliphatic rings. The van der Waals surface area contributed by atoms with Gasteiger partial charge in [-0.05, 0) is 18.4 Å². The second kappa shape index (κ2) is 4.88. The third kappa shape index (κ3) is 2.00. The number of nitrogens with two attached hydrogens (primary N) is 1. The highest BCUT2D eigenvalue weighted by atomic mass is 32.2. The minimum absolute atomic E-state index is 0.312. The van der Waals surface area contributed by atoms with Crippen LogP contribution in [-0.2, 0) is 0 Å². The van der Waals surface area contributed by atoms with Crippen molar-refractivity contribution in [3.05, 3.63) is 23.8 Å². The van der Waals surface area contributed by atoms with Crippen LogP contribution >= 0.6 is 11.8 Å². The number of nitrogen functional groups attached to an aromatic ring is 1. The number of carbonyl (C=O) groups excluding carboxylic acids is 1. The molecule has 76 valence electrons. The smallest absolute Gasteiger partial charge is 0.266 e. The van der Waals surface area contributed by atoms with Crippen molar-refractivity contribution in [2.24, 2.45) is 5.84 Å². The second-order valence-electron chi connectivity index (χ2n) is 2.51. The number of methoxy groups -OCH3 is 1. The standard InChI is InChI=1S/C9H12N2O2S/c1-13-7-5-3-4-6(8(7)14-2)9(12)11-10/h3-5H,10H2,1-2H3,(H,11,12). The summed E-state index contributed by atoms with van der Waals surface area (Å²) in [5, 5.41) is 0. The zero-order valence-corrected chi connectivity index (χ0v) is 8.85. The van der Waals surface area contributed by atoms with Crippen LogP contribution in [0.4, 0.5) is 0 Å². The van der Waals surface area contributed by atoms with E-state index in [1.54, 1.807) is 25.3 Å². The number of carbonyl (C=O) groups is 1. The number of thioether (sulfide) groups is 1. The Morgan fingerprint density at radius 3 is 2.79 bits per heavy atom. The maximum absolute atomic E-state index is 11.4. The van der Waals surface area contributed by atoms with Crippen molar-refractivity contribution >= 4 is 17.7 Å². The molecule has 0 spiro atoms. The minimum Gasteiger partial charge on any atom is -0.496 e. The van der Waals surface area contributed by atoms with Gasteiger partial charge in [-0.25, -0.2) is 5.84 Å². The van der Waals surface area contributed by atoms with E-state index in [0.29, 0.717) is 11.3 Å². The van der Waals surface area contributed by atoms with Crippen molar-refractivity contribution in [3.63, 3.8) is 0 Å². The molecule has 4 nitrogen and oxygen atoms in total. The second-order valence-corrected chi connectivity index (χ2v) is 3.33. The number of hydrogen-bond donors (Lipinski definition) is 2. The van der Waals surface area contributed by atoms with E-state index in [4.69, 9.17) is 10.6 Å². The molecule has 0 heterocycles. The number of hydrazine groups is 1. The van der Waals surface area contributed by atoms with Crippen molar-refractivity contribution in [1.82, 2.24) is 5.43 Å². The van der Waals surface area contributed by atoms with E-state index in [9.17, 15) is 4.79 Å². The molecule has 0 aliphatic heterocycles. The minimum atomic E-state index is -0.312. The Hall–Kier alpha value is -1.20. The maximum Gasteiger partial charge on any atom is 0.266 e. The number of amides is 1. The van der Waals surface area contributed by atoms with E-state index in [1.165, 1.54) is 11.8 Å². The molecule has 0 atom stereocenters. The lowest BCUT2D eigenvalue weighted by Crippen LogP contribution is -2.30. The third-order valence-corrected chi connectivity index (χ3v) is 2.61. The fraction of sp³-hybridized carbons (Fsp3) is 0.222. The van der Waals surface area contributed by atoms with Gasteiger partial charge in [-0.3, -0.25) is 10.2 Å². The molecule has 0 aliphatic carbocycles. The average Bonchev–Trinajstić information content (AvgIpc) is 2.26. The summed E-state index contributed by atoms with van der Waals surface area (Å²) >= 11 is 1.45. The first-order valence-corrected chi connectivity index (χ1v) is 5.19. The van der Waals surface area contributed by atoms with Gasteiger partial charge in [0.2, 0.25) is 0 Å². The fourth-order valence-corrected chi connectivity index (χ4v) is 1.88. The first-order chi connectivity index (χ1) is 6.74. The molecule has 1 rings (SSSR count). The summed E-state index contributed by atoms with van der Waals surface area (Å²) in [6.07, 6.45) is 1.88. The van der Waals surface area contributed by atoms with Crippen LogP contribution in [-0.4, -0.2) is 19.3 Å². The Kier molecular flexibility index (Phi) is 3.79. The van der Waals surface area contributed by atoms with Gasteiger partial charge in [0.15, 0.2) is 0 Å². The van der Waals surface area contributed by atoms with Crippen molar-refractivity contribution in [3.8, 4) is 5.75 Å². The van der Waals surface area contributed by atoms with Crippen LogP contribution in [0.5, 0.6) is 5.75 Å². The summed E-state index contributed by atoms with van der Waals surface area (Å²) in [5.41, 5.74) is 2.63. The van der Waals surface area contributed by atoms with Gasteiger partial charge < -0.3 is 4.74 Å². The highest BCUT2D eigenvalue weighted by Gasteiger charge is 2.13. The van der Waals surface area contributed by atoms with Gasteiger partial charge in [-0.1, -0.05) is 6.07 Å². The van der Waals surface area contributed by atoms with Crippen LogP contribution in [0.25, 0.3) is 0 Å². The highest BCUT2D eigenvalue weighted by Crippen LogP contribution is 2.30. The molecular weight excluding hydrogens is 200 g/mol. The van der Waals surface area contributed by atoms with Gasteiger partial charge >= 0.3 is 0 Å². The summed E-state index contributed by atoms with van der Waals surface area (Å²) in [6, 6.07) is 5.26. The van der Waals surface area contributed by atoms with Gasteiger partial charge in [0.05, 0.1) is 17.6 Å². The molecule has 3 N–H and O–H groups in total. The van der Waals surface area contributed by atoms with E-state index < -0.39 is 0 Å². The van der Waals surface area contributed by atoms with Crippen LogP contribution in [0, 0.1) is 0 Å². The van der Waals surface area contributed by atoms with Crippen LogP contribution in [0.3, 0.4) is 0 Å². The first kappa shape index (κ1) is 10.9. The molecule has 0 saturated carbocycles. The van der Waals surface area contributed by atoms with Gasteiger partial charge in [0.25, 0.3) is 5.91 Å². The quantitative estimate of drug-likeness (QED) is 0.340. The van der Waals surface area contributed by atoms with Crippen LogP contribution in [0.1, 0.15) is 10.4 Å². The number of nitrogens with one attached hydrogen (secondary N) is 1. The molecule has 0 aromatic heterocycles. The Morgan fingerprint density at radius 1 is 1.57 bits per heavy atom. The van der Waals surface area contributed by atoms with Crippen molar-refractivity contribution < 1.29 is 9.53 Å². The predicted octanol–water partition coefficient (Wildman–Crippen LogP) is 1.02. The Labute approximate surface area is 86.8 Å². The lowest BCUT2D eigenvalue weighted by molar-refractivity contribution is 0.0950. The monoisotopic (exact) mass is 212 g/mol. The highest BCUT2D eigenvalue weighted by molar-refractivity contribution is 7.98. The van der Waals surface area contributed by atoms with E-state index in [-0.39, 0.29) is 5.91 Å². The van der Waals surface area contributed by atoms with E-state index >= 15 is 0 Å². The molecule has 0 unspecified atom stereocenters. The molecule has 0 bridgehead atoms. The summed E-state index contributed by atoms with van der Waals surface area (Å²) in [7, 11) is 1.57. The van der Waals surface area contributed by atoms with E-state index in [1.807, 2.05) is 6.26 Å². The number of benzene rings is 1. The summed E-state index contributed by atoms with van der Waals surface area (Å²) < 4.78 is 5.13. The summed E-state index contributed by atoms with van der Waals surface area (Å²) in [6.45, 7) is 0. The predicted molar refractivity (Wildman–Crippen MR) is 56.4 cm³/mol. The maximum atomic E-state index is 11.4. The van der Waals surface area contributed by atoms with E-state index in [0.717, 1.165) is 4.90 Å². The van der Waals surface area contributed by atoms with Gasteiger partial charge in [-0.2, -0.15) is 0 Å². The topological polar surface area (TPSA) is 64.3 Å². The lowest BCUT2D eigenvalue weighted by atomic mass is 10.2. The molecule has 5 heteroatoms. The normalized spacial score (nSPS) is 9.64. The molecule has 1 amide bonds. The van der Waals surface area contributed by atoms with Crippen LogP contribution < -0.4 is 16.0 Å². The lowest BCUT2D eigenvalue weighted by Gasteiger charge is -2.10. The molecular formula is C9H12N2O2S. The third-order valence-electron chi connectivity index (χ3n) is 1.78. The molecule has 1 aromatic carbocycles. The van der Waals surface area contributed by atoms with Gasteiger partial charge in [-0.15, -0.1) is 11.8 Å². The zero-order valence-electron chi connectivity index (χ0n) is 8.03.